The van der Waals surface area contributed by atoms with E-state index in [9.17, 15) is 19.7 Å². The van der Waals surface area contributed by atoms with E-state index < -0.39 is 23.6 Å². The molecule has 1 saturated carbocycles. The van der Waals surface area contributed by atoms with Crippen molar-refractivity contribution in [3.05, 3.63) is 46.0 Å². The molecule has 1 N–H and O–H groups in total. The lowest BCUT2D eigenvalue weighted by atomic mass is 9.78. The van der Waals surface area contributed by atoms with Gasteiger partial charge < -0.3 is 14.8 Å². The fourth-order valence-electron chi connectivity index (χ4n) is 3.29. The van der Waals surface area contributed by atoms with Crippen LogP contribution in [0.4, 0.5) is 4.79 Å². The lowest BCUT2D eigenvalue weighted by Crippen LogP contribution is -2.51. The Morgan fingerprint density at radius 1 is 1.23 bits per heavy atom. The molecule has 0 bridgehead atoms. The number of nitro groups is 1. The van der Waals surface area contributed by atoms with Crippen LogP contribution in [0.15, 0.2) is 30.3 Å². The van der Waals surface area contributed by atoms with Crippen molar-refractivity contribution in [2.45, 2.75) is 56.7 Å². The number of alkyl carbamates (subject to hydrolysis) is 1. The van der Waals surface area contributed by atoms with Crippen molar-refractivity contribution >= 4 is 12.1 Å². The second-order valence-corrected chi connectivity index (χ2v) is 6.53. The Morgan fingerprint density at radius 2 is 1.88 bits per heavy atom. The molecule has 1 aliphatic carbocycles. The third-order valence-corrected chi connectivity index (χ3v) is 4.75. The van der Waals surface area contributed by atoms with E-state index in [-0.39, 0.29) is 18.0 Å². The standard InChI is InChI=1S/C18H24N2O6/c1-25-16(21)15(12-18(20(23)24)10-6-3-7-11-18)19-17(22)26-13-14-8-4-2-5-9-14/h2,4-5,8-9,15H,3,6-7,10-13H2,1H3,(H,19,22)/t15-/m0/s1. The fourth-order valence-corrected chi connectivity index (χ4v) is 3.29. The first-order valence-corrected chi connectivity index (χ1v) is 8.66. The summed E-state index contributed by atoms with van der Waals surface area (Å²) in [5.74, 6) is -0.714. The number of hydrogen-bond acceptors (Lipinski definition) is 6. The van der Waals surface area contributed by atoms with Crippen LogP contribution in [0.3, 0.4) is 0 Å². The molecule has 142 valence electrons. The number of carbonyl (C=O) groups is 2. The molecule has 0 radical (unpaired) electrons. The third-order valence-electron chi connectivity index (χ3n) is 4.75. The Bertz CT molecular complexity index is 628. The summed E-state index contributed by atoms with van der Waals surface area (Å²) in [5.41, 5.74) is -0.421. The van der Waals surface area contributed by atoms with Crippen LogP contribution in [0.25, 0.3) is 0 Å². The predicted octanol–water partition coefficient (Wildman–Crippen LogP) is 2.82. The van der Waals surface area contributed by atoms with Gasteiger partial charge in [0.05, 0.1) is 7.11 Å². The van der Waals surface area contributed by atoms with Gasteiger partial charge in [0.25, 0.3) is 0 Å². The van der Waals surface area contributed by atoms with Crippen molar-refractivity contribution in [1.29, 1.82) is 0 Å². The topological polar surface area (TPSA) is 108 Å². The second-order valence-electron chi connectivity index (χ2n) is 6.53. The summed E-state index contributed by atoms with van der Waals surface area (Å²) < 4.78 is 9.82. The minimum absolute atomic E-state index is 0.0426. The monoisotopic (exact) mass is 364 g/mol. The van der Waals surface area contributed by atoms with E-state index in [1.807, 2.05) is 18.2 Å². The molecule has 0 unspecified atom stereocenters. The number of nitrogens with zero attached hydrogens (tertiary/aromatic N) is 1. The van der Waals surface area contributed by atoms with E-state index in [4.69, 9.17) is 9.47 Å². The molecule has 0 saturated heterocycles. The Labute approximate surface area is 152 Å². The molecule has 0 spiro atoms. The first kappa shape index (κ1) is 19.7. The molecule has 0 heterocycles. The maximum Gasteiger partial charge on any atom is 0.408 e. The zero-order valence-electron chi connectivity index (χ0n) is 14.8. The summed E-state index contributed by atoms with van der Waals surface area (Å²) in [6, 6.07) is 7.96. The number of amides is 1. The summed E-state index contributed by atoms with van der Waals surface area (Å²) >= 11 is 0. The normalized spacial score (nSPS) is 17.0. The van der Waals surface area contributed by atoms with Gasteiger partial charge in [0.1, 0.15) is 12.6 Å². The van der Waals surface area contributed by atoms with Gasteiger partial charge in [-0.3, -0.25) is 10.1 Å². The van der Waals surface area contributed by atoms with Gasteiger partial charge in [0.15, 0.2) is 0 Å². The quantitative estimate of drug-likeness (QED) is 0.453. The molecule has 1 fully saturated rings. The molecule has 26 heavy (non-hydrogen) atoms. The Kier molecular flexibility index (Phi) is 6.94. The molecule has 2 rings (SSSR count). The van der Waals surface area contributed by atoms with E-state index >= 15 is 0 Å². The number of methoxy groups -OCH3 is 1. The van der Waals surface area contributed by atoms with Crippen molar-refractivity contribution in [1.82, 2.24) is 5.32 Å². The molecule has 1 amide bonds. The van der Waals surface area contributed by atoms with Gasteiger partial charge in [-0.25, -0.2) is 9.59 Å². The van der Waals surface area contributed by atoms with Gasteiger partial charge >= 0.3 is 12.1 Å². The van der Waals surface area contributed by atoms with Gasteiger partial charge in [-0.1, -0.05) is 36.8 Å². The third kappa shape index (κ3) is 5.18. The summed E-state index contributed by atoms with van der Waals surface area (Å²) in [6.07, 6.45) is 2.25. The van der Waals surface area contributed by atoms with E-state index in [1.165, 1.54) is 7.11 Å². The van der Waals surface area contributed by atoms with E-state index in [0.29, 0.717) is 12.8 Å². The zero-order chi connectivity index (χ0) is 19.0. The van der Waals surface area contributed by atoms with Crippen molar-refractivity contribution in [2.75, 3.05) is 7.11 Å². The average molecular weight is 364 g/mol. The molecule has 1 aromatic carbocycles. The van der Waals surface area contributed by atoms with E-state index in [2.05, 4.69) is 5.32 Å². The number of benzene rings is 1. The molecule has 1 aliphatic rings. The van der Waals surface area contributed by atoms with E-state index in [1.54, 1.807) is 12.1 Å². The van der Waals surface area contributed by atoms with Crippen LogP contribution in [-0.4, -0.2) is 35.7 Å². The summed E-state index contributed by atoms with van der Waals surface area (Å²) in [6.45, 7) is 0.0426. The molecular weight excluding hydrogens is 340 g/mol. The minimum Gasteiger partial charge on any atom is -0.467 e. The number of carbonyl (C=O) groups excluding carboxylic acids is 2. The number of rotatable bonds is 7. The van der Waals surface area contributed by atoms with Crippen molar-refractivity contribution in [2.24, 2.45) is 0 Å². The molecule has 1 atom stereocenters. The first-order chi connectivity index (χ1) is 12.5. The van der Waals surface area contributed by atoms with Crippen molar-refractivity contribution in [3.8, 4) is 0 Å². The summed E-state index contributed by atoms with van der Waals surface area (Å²) in [5, 5.41) is 14.1. The van der Waals surface area contributed by atoms with Crippen molar-refractivity contribution < 1.29 is 24.0 Å². The molecular formula is C18H24N2O6. The molecule has 0 aromatic heterocycles. The number of ether oxygens (including phenoxy) is 2. The Morgan fingerprint density at radius 3 is 2.46 bits per heavy atom. The average Bonchev–Trinajstić information content (AvgIpc) is 2.66. The number of nitrogens with one attached hydrogen (secondary N) is 1. The van der Waals surface area contributed by atoms with Crippen LogP contribution in [-0.2, 0) is 20.9 Å². The van der Waals surface area contributed by atoms with Gasteiger partial charge in [-0.2, -0.15) is 0 Å². The van der Waals surface area contributed by atoms with Crippen LogP contribution in [0.1, 0.15) is 44.1 Å². The first-order valence-electron chi connectivity index (χ1n) is 8.66. The van der Waals surface area contributed by atoms with Gasteiger partial charge in [-0.15, -0.1) is 0 Å². The van der Waals surface area contributed by atoms with Gasteiger partial charge in [0.2, 0.25) is 5.54 Å². The largest absolute Gasteiger partial charge is 0.467 e. The lowest BCUT2D eigenvalue weighted by molar-refractivity contribution is -0.576. The van der Waals surface area contributed by atoms with Crippen LogP contribution in [0.5, 0.6) is 0 Å². The smallest absolute Gasteiger partial charge is 0.408 e. The van der Waals surface area contributed by atoms with Crippen LogP contribution < -0.4 is 5.32 Å². The van der Waals surface area contributed by atoms with Crippen LogP contribution >= 0.6 is 0 Å². The molecule has 1 aromatic rings. The zero-order valence-corrected chi connectivity index (χ0v) is 14.8. The van der Waals surface area contributed by atoms with Crippen LogP contribution in [0, 0.1) is 10.1 Å². The Balaban J connectivity index is 2.00. The highest BCUT2D eigenvalue weighted by molar-refractivity contribution is 5.81. The number of hydrogen-bond donors (Lipinski definition) is 1. The van der Waals surface area contributed by atoms with Gasteiger partial charge in [-0.05, 0) is 18.4 Å². The fraction of sp³-hybridized carbons (Fsp3) is 0.556. The number of esters is 1. The summed E-state index contributed by atoms with van der Waals surface area (Å²) in [7, 11) is 1.19. The summed E-state index contributed by atoms with van der Waals surface area (Å²) in [4.78, 5) is 35.4. The predicted molar refractivity (Wildman–Crippen MR) is 93.0 cm³/mol. The minimum atomic E-state index is -1.22. The maximum absolute atomic E-state index is 12.1. The van der Waals surface area contributed by atoms with Crippen molar-refractivity contribution in [3.63, 3.8) is 0 Å². The SMILES string of the molecule is COC(=O)[C@H](CC1([N+](=O)[O-])CCCCC1)NC(=O)OCc1ccccc1. The highest BCUT2D eigenvalue weighted by Gasteiger charge is 2.47. The lowest BCUT2D eigenvalue weighted by Gasteiger charge is -2.31. The highest BCUT2D eigenvalue weighted by atomic mass is 16.6. The Hall–Kier alpha value is -2.64. The second kappa shape index (κ2) is 9.17. The van der Waals surface area contributed by atoms with Gasteiger partial charge in [0, 0.05) is 24.2 Å². The highest BCUT2D eigenvalue weighted by Crippen LogP contribution is 2.35. The maximum atomic E-state index is 12.1. The van der Waals surface area contributed by atoms with Crippen LogP contribution in [0.2, 0.25) is 0 Å². The van der Waals surface area contributed by atoms with E-state index in [0.717, 1.165) is 24.8 Å². The molecule has 8 heteroatoms. The molecule has 0 aliphatic heterocycles. The molecule has 8 nitrogen and oxygen atoms in total.